The topological polar surface area (TPSA) is 58.4 Å². The Morgan fingerprint density at radius 1 is 1.12 bits per heavy atom. The molecule has 0 aromatic carbocycles. The Morgan fingerprint density at radius 2 is 1.92 bits per heavy atom. The second-order valence-electron chi connectivity index (χ2n) is 7.48. The molecule has 6 heteroatoms. The lowest BCUT2D eigenvalue weighted by molar-refractivity contribution is 0.168. The number of nitrogens with one attached hydrogen (secondary N) is 1. The van der Waals surface area contributed by atoms with Gasteiger partial charge >= 0.3 is 0 Å². The molecule has 1 N–H and O–H groups in total. The first-order valence-corrected chi connectivity index (χ1v) is 9.44. The molecule has 130 valence electrons. The predicted molar refractivity (Wildman–Crippen MR) is 95.2 cm³/mol. The number of nitrogens with zero attached hydrogens (tertiary/aromatic N) is 5. The molecule has 6 nitrogen and oxygen atoms in total. The van der Waals surface area contributed by atoms with Crippen molar-refractivity contribution < 1.29 is 0 Å². The van der Waals surface area contributed by atoms with E-state index in [-0.39, 0.29) is 0 Å². The average Bonchev–Trinajstić information content (AvgIpc) is 3.06. The quantitative estimate of drug-likeness (QED) is 0.935. The Hall–Kier alpha value is -1.69. The predicted octanol–water partition coefficient (Wildman–Crippen LogP) is 2.89. The molecule has 1 saturated heterocycles. The van der Waals surface area contributed by atoms with Gasteiger partial charge in [0.15, 0.2) is 0 Å². The van der Waals surface area contributed by atoms with Crippen LogP contribution in [0.2, 0.25) is 0 Å². The van der Waals surface area contributed by atoms with Crippen LogP contribution in [0.4, 0.5) is 5.82 Å². The summed E-state index contributed by atoms with van der Waals surface area (Å²) in [6.07, 6.45) is 11.2. The molecular formula is C18H28N6. The Labute approximate surface area is 143 Å². The van der Waals surface area contributed by atoms with Crippen molar-refractivity contribution in [1.29, 1.82) is 0 Å². The van der Waals surface area contributed by atoms with Crippen molar-refractivity contribution in [1.82, 2.24) is 24.5 Å². The SMILES string of the molecule is Cc1cc(NC2CCN(CC3CCCCC3)CC2)n2ncnc2n1. The maximum absolute atomic E-state index is 4.41. The van der Waals surface area contributed by atoms with Crippen molar-refractivity contribution >= 4 is 11.6 Å². The van der Waals surface area contributed by atoms with Gasteiger partial charge in [-0.3, -0.25) is 0 Å². The van der Waals surface area contributed by atoms with Crippen LogP contribution in [-0.2, 0) is 0 Å². The van der Waals surface area contributed by atoms with Gasteiger partial charge in [0.05, 0.1) is 0 Å². The molecule has 0 spiro atoms. The molecule has 2 aromatic rings. The Kier molecular flexibility index (Phi) is 4.65. The molecule has 0 amide bonds. The first kappa shape index (κ1) is 15.8. The molecule has 2 aromatic heterocycles. The number of hydrogen-bond donors (Lipinski definition) is 1. The summed E-state index contributed by atoms with van der Waals surface area (Å²) in [6.45, 7) is 5.73. The molecule has 0 unspecified atom stereocenters. The molecule has 0 bridgehead atoms. The third kappa shape index (κ3) is 3.53. The van der Waals surface area contributed by atoms with Gasteiger partial charge in [0, 0.05) is 37.4 Å². The smallest absolute Gasteiger partial charge is 0.254 e. The molecule has 24 heavy (non-hydrogen) atoms. The van der Waals surface area contributed by atoms with Crippen LogP contribution in [0.15, 0.2) is 12.4 Å². The molecular weight excluding hydrogens is 300 g/mol. The van der Waals surface area contributed by atoms with Crippen molar-refractivity contribution in [2.45, 2.75) is 57.9 Å². The van der Waals surface area contributed by atoms with E-state index < -0.39 is 0 Å². The largest absolute Gasteiger partial charge is 0.367 e. The molecule has 0 radical (unpaired) electrons. The minimum absolute atomic E-state index is 0.516. The van der Waals surface area contributed by atoms with Crippen LogP contribution in [0.1, 0.15) is 50.6 Å². The summed E-state index contributed by atoms with van der Waals surface area (Å²) in [4.78, 5) is 11.3. The highest BCUT2D eigenvalue weighted by atomic mass is 15.4. The van der Waals surface area contributed by atoms with Gasteiger partial charge in [-0.1, -0.05) is 19.3 Å². The Morgan fingerprint density at radius 3 is 2.71 bits per heavy atom. The summed E-state index contributed by atoms with van der Waals surface area (Å²) >= 11 is 0. The summed E-state index contributed by atoms with van der Waals surface area (Å²) < 4.78 is 1.81. The zero-order valence-corrected chi connectivity index (χ0v) is 14.6. The fourth-order valence-corrected chi connectivity index (χ4v) is 4.24. The number of aryl methyl sites for hydroxylation is 1. The van der Waals surface area contributed by atoms with E-state index in [2.05, 4.69) is 31.3 Å². The summed E-state index contributed by atoms with van der Waals surface area (Å²) in [5, 5.41) is 7.96. The zero-order valence-electron chi connectivity index (χ0n) is 14.6. The van der Waals surface area contributed by atoms with Gasteiger partial charge in [0.2, 0.25) is 0 Å². The number of piperidine rings is 1. The minimum Gasteiger partial charge on any atom is -0.367 e. The van der Waals surface area contributed by atoms with Gasteiger partial charge < -0.3 is 10.2 Å². The normalized spacial score (nSPS) is 21.4. The monoisotopic (exact) mass is 328 g/mol. The van der Waals surface area contributed by atoms with Gasteiger partial charge in [-0.05, 0) is 38.5 Å². The number of hydrogen-bond acceptors (Lipinski definition) is 5. The first-order valence-electron chi connectivity index (χ1n) is 9.44. The summed E-state index contributed by atoms with van der Waals surface area (Å²) in [5.41, 5.74) is 0.979. The molecule has 4 rings (SSSR count). The van der Waals surface area contributed by atoms with Gasteiger partial charge in [-0.15, -0.1) is 0 Å². The highest BCUT2D eigenvalue weighted by Gasteiger charge is 2.23. The number of anilines is 1. The minimum atomic E-state index is 0.516. The molecule has 1 saturated carbocycles. The van der Waals surface area contributed by atoms with Gasteiger partial charge in [0.1, 0.15) is 12.1 Å². The van der Waals surface area contributed by atoms with E-state index in [4.69, 9.17) is 0 Å². The lowest BCUT2D eigenvalue weighted by Crippen LogP contribution is -2.41. The standard InChI is InChI=1S/C18H28N6/c1-14-11-17(24-18(21-14)19-13-20-24)22-16-7-9-23(10-8-16)12-15-5-3-2-4-6-15/h11,13,15-16,22H,2-10,12H2,1H3. The molecule has 2 aliphatic rings. The van der Waals surface area contributed by atoms with Crippen molar-refractivity contribution in [3.63, 3.8) is 0 Å². The first-order chi connectivity index (χ1) is 11.8. The maximum atomic E-state index is 4.41. The van der Waals surface area contributed by atoms with Gasteiger partial charge in [-0.25, -0.2) is 4.98 Å². The number of likely N-dealkylation sites (tertiary alicyclic amines) is 1. The number of aromatic nitrogens is 4. The summed E-state index contributed by atoms with van der Waals surface area (Å²) in [7, 11) is 0. The van der Waals surface area contributed by atoms with Crippen LogP contribution in [0, 0.1) is 12.8 Å². The fraction of sp³-hybridized carbons (Fsp3) is 0.722. The lowest BCUT2D eigenvalue weighted by Gasteiger charge is -2.35. The van der Waals surface area contributed by atoms with Crippen molar-refractivity contribution in [3.05, 3.63) is 18.1 Å². The van der Waals surface area contributed by atoms with Crippen molar-refractivity contribution in [2.24, 2.45) is 5.92 Å². The van der Waals surface area contributed by atoms with E-state index in [0.717, 1.165) is 17.4 Å². The highest BCUT2D eigenvalue weighted by molar-refractivity contribution is 5.45. The van der Waals surface area contributed by atoms with Gasteiger partial charge in [-0.2, -0.15) is 14.6 Å². The molecule has 0 atom stereocenters. The maximum Gasteiger partial charge on any atom is 0.254 e. The molecule has 1 aliphatic carbocycles. The van der Waals surface area contributed by atoms with Crippen LogP contribution >= 0.6 is 0 Å². The Bertz CT molecular complexity index is 667. The van der Waals surface area contributed by atoms with Gasteiger partial charge in [0.25, 0.3) is 5.78 Å². The molecule has 1 aliphatic heterocycles. The highest BCUT2D eigenvalue weighted by Crippen LogP contribution is 2.26. The third-order valence-electron chi connectivity index (χ3n) is 5.56. The van der Waals surface area contributed by atoms with Crippen LogP contribution in [0.3, 0.4) is 0 Å². The van der Waals surface area contributed by atoms with Crippen LogP contribution in [-0.4, -0.2) is 50.2 Å². The fourth-order valence-electron chi connectivity index (χ4n) is 4.24. The van der Waals surface area contributed by atoms with E-state index in [1.165, 1.54) is 64.6 Å². The van der Waals surface area contributed by atoms with Crippen LogP contribution < -0.4 is 5.32 Å². The summed E-state index contributed by atoms with van der Waals surface area (Å²) in [5.74, 6) is 2.63. The van der Waals surface area contributed by atoms with Crippen molar-refractivity contribution in [2.75, 3.05) is 25.0 Å². The van der Waals surface area contributed by atoms with Crippen LogP contribution in [0.25, 0.3) is 5.78 Å². The second-order valence-corrected chi connectivity index (χ2v) is 7.48. The lowest BCUT2D eigenvalue weighted by atomic mass is 9.88. The molecule has 2 fully saturated rings. The van der Waals surface area contributed by atoms with E-state index in [9.17, 15) is 0 Å². The van der Waals surface area contributed by atoms with E-state index >= 15 is 0 Å². The molecule has 3 heterocycles. The van der Waals surface area contributed by atoms with Crippen LogP contribution in [0.5, 0.6) is 0 Å². The van der Waals surface area contributed by atoms with E-state index in [1.807, 2.05) is 6.92 Å². The second kappa shape index (κ2) is 7.05. The number of fused-ring (bicyclic) bond motifs is 1. The zero-order chi connectivity index (χ0) is 16.4. The Balaban J connectivity index is 1.33. The van der Waals surface area contributed by atoms with E-state index in [1.54, 1.807) is 10.8 Å². The van der Waals surface area contributed by atoms with Crippen molar-refractivity contribution in [3.8, 4) is 0 Å². The number of rotatable bonds is 4. The summed E-state index contributed by atoms with van der Waals surface area (Å²) in [6, 6.07) is 2.58. The third-order valence-corrected chi connectivity index (χ3v) is 5.56. The average molecular weight is 328 g/mol. The van der Waals surface area contributed by atoms with E-state index in [0.29, 0.717) is 11.8 Å².